The number of ether oxygens (including phenoxy) is 1. The summed E-state index contributed by atoms with van der Waals surface area (Å²) in [4.78, 5) is 11.3. The largest absolute Gasteiger partial charge is 0.488 e. The summed E-state index contributed by atoms with van der Waals surface area (Å²) >= 11 is 0. The van der Waals surface area contributed by atoms with E-state index in [2.05, 4.69) is 0 Å². The third-order valence-corrected chi connectivity index (χ3v) is 2.69. The van der Waals surface area contributed by atoms with E-state index < -0.39 is 5.91 Å². The summed E-state index contributed by atoms with van der Waals surface area (Å²) in [5, 5.41) is 0. The monoisotopic (exact) mass is 259 g/mol. The highest BCUT2D eigenvalue weighted by molar-refractivity contribution is 5.95. The molecule has 4 heteroatoms. The Hall–Kier alpha value is -2.36. The van der Waals surface area contributed by atoms with Crippen molar-refractivity contribution >= 4 is 5.91 Å². The van der Waals surface area contributed by atoms with Gasteiger partial charge in [-0.25, -0.2) is 4.39 Å². The molecule has 1 amide bonds. The summed E-state index contributed by atoms with van der Waals surface area (Å²) in [6, 6.07) is 11.3. The Bertz CT molecular complexity index is 611. The van der Waals surface area contributed by atoms with E-state index in [0.29, 0.717) is 16.9 Å². The Balaban J connectivity index is 2.19. The van der Waals surface area contributed by atoms with Gasteiger partial charge in [-0.15, -0.1) is 0 Å². The van der Waals surface area contributed by atoms with Crippen LogP contribution >= 0.6 is 0 Å². The number of primary amides is 1. The first kappa shape index (κ1) is 13.1. The number of amides is 1. The second kappa shape index (κ2) is 5.52. The van der Waals surface area contributed by atoms with Gasteiger partial charge in [-0.05, 0) is 42.3 Å². The van der Waals surface area contributed by atoms with Crippen molar-refractivity contribution in [1.82, 2.24) is 0 Å². The Morgan fingerprint density at radius 2 is 2.05 bits per heavy atom. The number of rotatable bonds is 4. The summed E-state index contributed by atoms with van der Waals surface area (Å²) < 4.78 is 18.6. The van der Waals surface area contributed by atoms with Crippen LogP contribution in [-0.4, -0.2) is 5.91 Å². The van der Waals surface area contributed by atoms with E-state index in [1.807, 2.05) is 6.92 Å². The molecule has 0 atom stereocenters. The summed E-state index contributed by atoms with van der Waals surface area (Å²) in [6.07, 6.45) is 0. The van der Waals surface area contributed by atoms with Crippen LogP contribution in [0.3, 0.4) is 0 Å². The van der Waals surface area contributed by atoms with Crippen molar-refractivity contribution in [2.24, 2.45) is 5.73 Å². The number of benzene rings is 2. The summed E-state index contributed by atoms with van der Waals surface area (Å²) in [5.74, 6) is -0.452. The second-order valence-electron chi connectivity index (χ2n) is 4.28. The average Bonchev–Trinajstić information content (AvgIpc) is 2.36. The molecule has 19 heavy (non-hydrogen) atoms. The highest BCUT2D eigenvalue weighted by atomic mass is 19.1. The van der Waals surface area contributed by atoms with Gasteiger partial charge in [0.1, 0.15) is 18.2 Å². The van der Waals surface area contributed by atoms with E-state index in [1.165, 1.54) is 12.1 Å². The molecule has 0 fully saturated rings. The maximum atomic E-state index is 13.0. The minimum atomic E-state index is -0.547. The van der Waals surface area contributed by atoms with Crippen LogP contribution in [0.2, 0.25) is 0 Å². The number of hydrogen-bond acceptors (Lipinski definition) is 2. The molecule has 0 saturated carbocycles. The van der Waals surface area contributed by atoms with E-state index in [4.69, 9.17) is 10.5 Å². The number of hydrogen-bond donors (Lipinski definition) is 1. The SMILES string of the molecule is Cc1ccc(C(N)=O)c(OCc2cccc(F)c2)c1. The first-order valence-electron chi connectivity index (χ1n) is 5.84. The van der Waals surface area contributed by atoms with Crippen LogP contribution < -0.4 is 10.5 Å². The highest BCUT2D eigenvalue weighted by Gasteiger charge is 2.09. The lowest BCUT2D eigenvalue weighted by Crippen LogP contribution is -2.13. The van der Waals surface area contributed by atoms with Crippen molar-refractivity contribution in [1.29, 1.82) is 0 Å². The molecule has 0 aliphatic carbocycles. The van der Waals surface area contributed by atoms with Gasteiger partial charge in [-0.3, -0.25) is 4.79 Å². The second-order valence-corrected chi connectivity index (χ2v) is 4.28. The lowest BCUT2D eigenvalue weighted by molar-refractivity contribution is 0.0996. The van der Waals surface area contributed by atoms with Crippen LogP contribution in [0.1, 0.15) is 21.5 Å². The van der Waals surface area contributed by atoms with Crippen LogP contribution in [0.5, 0.6) is 5.75 Å². The van der Waals surface area contributed by atoms with Gasteiger partial charge in [-0.1, -0.05) is 18.2 Å². The van der Waals surface area contributed by atoms with Crippen LogP contribution in [0.25, 0.3) is 0 Å². The molecule has 2 aromatic carbocycles. The Morgan fingerprint density at radius 1 is 1.26 bits per heavy atom. The van der Waals surface area contributed by atoms with Crippen LogP contribution in [0, 0.1) is 12.7 Å². The first-order chi connectivity index (χ1) is 9.06. The van der Waals surface area contributed by atoms with E-state index in [-0.39, 0.29) is 12.4 Å². The van der Waals surface area contributed by atoms with Gasteiger partial charge < -0.3 is 10.5 Å². The van der Waals surface area contributed by atoms with Gasteiger partial charge in [0.05, 0.1) is 5.56 Å². The third-order valence-electron chi connectivity index (χ3n) is 2.69. The zero-order valence-corrected chi connectivity index (χ0v) is 10.5. The normalized spacial score (nSPS) is 10.2. The molecule has 0 unspecified atom stereocenters. The van der Waals surface area contributed by atoms with Gasteiger partial charge in [0.2, 0.25) is 0 Å². The molecular formula is C15H14FNO2. The molecule has 0 spiro atoms. The Kier molecular flexibility index (Phi) is 3.80. The van der Waals surface area contributed by atoms with Gasteiger partial charge in [0.25, 0.3) is 5.91 Å². The van der Waals surface area contributed by atoms with Crippen LogP contribution in [-0.2, 0) is 6.61 Å². The molecule has 0 bridgehead atoms. The zero-order valence-electron chi connectivity index (χ0n) is 10.5. The Morgan fingerprint density at radius 3 is 2.74 bits per heavy atom. The number of aryl methyl sites for hydroxylation is 1. The molecule has 98 valence electrons. The fraction of sp³-hybridized carbons (Fsp3) is 0.133. The number of carbonyl (C=O) groups is 1. The molecule has 0 saturated heterocycles. The quantitative estimate of drug-likeness (QED) is 0.917. The predicted octanol–water partition coefficient (Wildman–Crippen LogP) is 2.81. The minimum absolute atomic E-state index is 0.182. The summed E-state index contributed by atoms with van der Waals surface area (Å²) in [7, 11) is 0. The van der Waals surface area contributed by atoms with E-state index in [1.54, 1.807) is 30.3 Å². The number of halogens is 1. The summed E-state index contributed by atoms with van der Waals surface area (Å²) in [5.41, 5.74) is 7.25. The lowest BCUT2D eigenvalue weighted by Gasteiger charge is -2.10. The molecule has 0 aromatic heterocycles. The molecule has 2 rings (SSSR count). The maximum Gasteiger partial charge on any atom is 0.252 e. The molecule has 0 heterocycles. The average molecular weight is 259 g/mol. The van der Waals surface area contributed by atoms with Crippen molar-refractivity contribution in [3.63, 3.8) is 0 Å². The summed E-state index contributed by atoms with van der Waals surface area (Å²) in [6.45, 7) is 2.07. The van der Waals surface area contributed by atoms with E-state index in [9.17, 15) is 9.18 Å². The van der Waals surface area contributed by atoms with Crippen LogP contribution in [0.15, 0.2) is 42.5 Å². The van der Waals surface area contributed by atoms with Crippen molar-refractivity contribution < 1.29 is 13.9 Å². The smallest absolute Gasteiger partial charge is 0.252 e. The number of nitrogens with two attached hydrogens (primary N) is 1. The topological polar surface area (TPSA) is 52.3 Å². The van der Waals surface area contributed by atoms with E-state index in [0.717, 1.165) is 5.56 Å². The number of carbonyl (C=O) groups excluding carboxylic acids is 1. The maximum absolute atomic E-state index is 13.0. The van der Waals surface area contributed by atoms with Crippen molar-refractivity contribution in [2.75, 3.05) is 0 Å². The fourth-order valence-corrected chi connectivity index (χ4v) is 1.74. The van der Waals surface area contributed by atoms with E-state index >= 15 is 0 Å². The molecule has 2 N–H and O–H groups in total. The fourth-order valence-electron chi connectivity index (χ4n) is 1.74. The molecule has 0 aliphatic heterocycles. The van der Waals surface area contributed by atoms with Crippen LogP contribution in [0.4, 0.5) is 4.39 Å². The third kappa shape index (κ3) is 3.31. The van der Waals surface area contributed by atoms with Gasteiger partial charge in [0.15, 0.2) is 0 Å². The molecule has 3 nitrogen and oxygen atoms in total. The van der Waals surface area contributed by atoms with Crippen molar-refractivity contribution in [3.05, 3.63) is 65.0 Å². The minimum Gasteiger partial charge on any atom is -0.488 e. The predicted molar refractivity (Wildman–Crippen MR) is 70.4 cm³/mol. The Labute approximate surface area is 110 Å². The highest BCUT2D eigenvalue weighted by Crippen LogP contribution is 2.21. The van der Waals surface area contributed by atoms with Gasteiger partial charge >= 0.3 is 0 Å². The van der Waals surface area contributed by atoms with Crippen molar-refractivity contribution in [3.8, 4) is 5.75 Å². The zero-order chi connectivity index (χ0) is 13.8. The molecular weight excluding hydrogens is 245 g/mol. The first-order valence-corrected chi connectivity index (χ1v) is 5.84. The standard InChI is InChI=1S/C15H14FNO2/c1-10-5-6-13(15(17)18)14(7-10)19-9-11-3-2-4-12(16)8-11/h2-8H,9H2,1H3,(H2,17,18). The lowest BCUT2D eigenvalue weighted by atomic mass is 10.1. The molecule has 0 radical (unpaired) electrons. The van der Waals surface area contributed by atoms with Gasteiger partial charge in [-0.2, -0.15) is 0 Å². The molecule has 0 aliphatic rings. The van der Waals surface area contributed by atoms with Gasteiger partial charge in [0, 0.05) is 0 Å². The molecule has 2 aromatic rings. The van der Waals surface area contributed by atoms with Crippen molar-refractivity contribution in [2.45, 2.75) is 13.5 Å².